The zero-order valence-corrected chi connectivity index (χ0v) is 12.2. The quantitative estimate of drug-likeness (QED) is 0.654. The number of carbonyl (C=O) groups excluding carboxylic acids is 1. The fraction of sp³-hybridized carbons (Fsp3) is 0.133. The number of aliphatic hydroxyl groups excluding tert-OH is 1. The molecular weight excluding hydrogens is 308 g/mol. The van der Waals surface area contributed by atoms with Crippen LogP contribution in [0, 0.1) is 10.1 Å². The van der Waals surface area contributed by atoms with Gasteiger partial charge >= 0.3 is 0 Å². The number of nitro groups is 1. The smallest absolute Gasteiger partial charge is 0.269 e. The molecule has 7 heteroatoms. The number of nitrogens with one attached hydrogen (secondary N) is 1. The predicted octanol–water partition coefficient (Wildman–Crippen LogP) is 2.71. The van der Waals surface area contributed by atoms with Gasteiger partial charge in [0.05, 0.1) is 11.0 Å². The minimum absolute atomic E-state index is 0.0108. The minimum Gasteiger partial charge on any atom is -0.387 e. The molecule has 2 aromatic rings. The van der Waals surface area contributed by atoms with E-state index in [1.54, 1.807) is 18.2 Å². The Morgan fingerprint density at radius 2 is 1.95 bits per heavy atom. The van der Waals surface area contributed by atoms with E-state index in [0.717, 1.165) is 0 Å². The Labute approximate surface area is 131 Å². The number of carbonyl (C=O) groups is 1. The van der Waals surface area contributed by atoms with Crippen LogP contribution in [-0.2, 0) is 0 Å². The van der Waals surface area contributed by atoms with E-state index in [1.807, 2.05) is 0 Å². The van der Waals surface area contributed by atoms with Crippen molar-refractivity contribution in [2.24, 2.45) is 0 Å². The monoisotopic (exact) mass is 320 g/mol. The third-order valence-corrected chi connectivity index (χ3v) is 3.27. The summed E-state index contributed by atoms with van der Waals surface area (Å²) in [5.41, 5.74) is 0.819. The molecule has 0 spiro atoms. The van der Waals surface area contributed by atoms with Crippen LogP contribution in [0.2, 0.25) is 5.02 Å². The number of halogens is 1. The fourth-order valence-corrected chi connectivity index (χ4v) is 2.05. The Kier molecular flexibility index (Phi) is 5.08. The summed E-state index contributed by atoms with van der Waals surface area (Å²) in [4.78, 5) is 21.9. The minimum atomic E-state index is -0.955. The maximum atomic E-state index is 11.9. The zero-order valence-electron chi connectivity index (χ0n) is 11.4. The Bertz CT molecular complexity index is 688. The Morgan fingerprint density at radius 1 is 1.27 bits per heavy atom. The number of aliphatic hydroxyl groups is 1. The van der Waals surface area contributed by atoms with E-state index in [4.69, 9.17) is 11.6 Å². The maximum absolute atomic E-state index is 11.9. The summed E-state index contributed by atoms with van der Waals surface area (Å²) < 4.78 is 0. The van der Waals surface area contributed by atoms with Crippen molar-refractivity contribution < 1.29 is 14.8 Å². The standard InChI is InChI=1S/C15H13ClN2O4/c16-12-3-1-2-11(8-12)15(20)17-9-14(19)10-4-6-13(7-5-10)18(21)22/h1-8,14,19H,9H2,(H,17,20). The molecule has 0 saturated heterocycles. The molecule has 0 radical (unpaired) electrons. The normalized spacial score (nSPS) is 11.7. The largest absolute Gasteiger partial charge is 0.387 e. The lowest BCUT2D eigenvalue weighted by molar-refractivity contribution is -0.384. The van der Waals surface area contributed by atoms with E-state index in [-0.39, 0.29) is 18.1 Å². The Hall–Kier alpha value is -2.44. The van der Waals surface area contributed by atoms with Crippen LogP contribution in [0.1, 0.15) is 22.0 Å². The van der Waals surface area contributed by atoms with Gasteiger partial charge in [0, 0.05) is 29.3 Å². The van der Waals surface area contributed by atoms with Gasteiger partial charge in [-0.2, -0.15) is 0 Å². The van der Waals surface area contributed by atoms with Gasteiger partial charge in [-0.15, -0.1) is 0 Å². The van der Waals surface area contributed by atoms with Crippen molar-refractivity contribution in [3.8, 4) is 0 Å². The van der Waals surface area contributed by atoms with Gasteiger partial charge in [0.25, 0.3) is 11.6 Å². The van der Waals surface area contributed by atoms with Crippen molar-refractivity contribution in [1.29, 1.82) is 0 Å². The molecule has 6 nitrogen and oxygen atoms in total. The van der Waals surface area contributed by atoms with Crippen LogP contribution < -0.4 is 5.32 Å². The van der Waals surface area contributed by atoms with Crippen molar-refractivity contribution in [1.82, 2.24) is 5.32 Å². The molecule has 0 aliphatic carbocycles. The summed E-state index contributed by atoms with van der Waals surface area (Å²) in [6, 6.07) is 12.0. The average molecular weight is 321 g/mol. The molecule has 0 saturated carbocycles. The van der Waals surface area contributed by atoms with Crippen molar-refractivity contribution in [3.05, 3.63) is 74.8 Å². The zero-order chi connectivity index (χ0) is 16.1. The molecule has 22 heavy (non-hydrogen) atoms. The van der Waals surface area contributed by atoms with Crippen LogP contribution in [0.25, 0.3) is 0 Å². The summed E-state index contributed by atoms with van der Waals surface area (Å²) in [5.74, 6) is -0.358. The molecule has 1 atom stereocenters. The van der Waals surface area contributed by atoms with Crippen molar-refractivity contribution in [2.45, 2.75) is 6.10 Å². The van der Waals surface area contributed by atoms with Crippen LogP contribution in [0.3, 0.4) is 0 Å². The predicted molar refractivity (Wildman–Crippen MR) is 81.8 cm³/mol. The topological polar surface area (TPSA) is 92.5 Å². The van der Waals surface area contributed by atoms with Crippen molar-refractivity contribution in [3.63, 3.8) is 0 Å². The molecule has 2 aromatic carbocycles. The van der Waals surface area contributed by atoms with E-state index in [1.165, 1.54) is 30.3 Å². The molecule has 0 fully saturated rings. The van der Waals surface area contributed by atoms with Gasteiger partial charge in [-0.1, -0.05) is 17.7 Å². The van der Waals surface area contributed by atoms with Crippen molar-refractivity contribution >= 4 is 23.2 Å². The molecule has 1 unspecified atom stereocenters. The number of nitrogens with zero attached hydrogens (tertiary/aromatic N) is 1. The van der Waals surface area contributed by atoms with Gasteiger partial charge in [-0.3, -0.25) is 14.9 Å². The lowest BCUT2D eigenvalue weighted by Gasteiger charge is -2.12. The second-order valence-electron chi connectivity index (χ2n) is 4.58. The molecule has 0 aliphatic rings. The number of hydrogen-bond donors (Lipinski definition) is 2. The Balaban J connectivity index is 1.96. The summed E-state index contributed by atoms with van der Waals surface area (Å²) in [7, 11) is 0. The second kappa shape index (κ2) is 7.02. The third kappa shape index (κ3) is 4.03. The number of rotatable bonds is 5. The van der Waals surface area contributed by atoms with Crippen LogP contribution >= 0.6 is 11.6 Å². The van der Waals surface area contributed by atoms with E-state index >= 15 is 0 Å². The highest BCUT2D eigenvalue weighted by Gasteiger charge is 2.12. The van der Waals surface area contributed by atoms with Crippen LogP contribution in [0.5, 0.6) is 0 Å². The Morgan fingerprint density at radius 3 is 2.55 bits per heavy atom. The molecule has 2 N–H and O–H groups in total. The molecule has 1 amide bonds. The number of hydrogen-bond acceptors (Lipinski definition) is 4. The van der Waals surface area contributed by atoms with Gasteiger partial charge in [0.1, 0.15) is 0 Å². The lowest BCUT2D eigenvalue weighted by Crippen LogP contribution is -2.28. The third-order valence-electron chi connectivity index (χ3n) is 3.03. The molecule has 0 aliphatic heterocycles. The van der Waals surface area contributed by atoms with Gasteiger partial charge in [0.2, 0.25) is 0 Å². The molecular formula is C15H13ClN2O4. The number of non-ortho nitro benzene ring substituents is 1. The van der Waals surface area contributed by atoms with Gasteiger partial charge in [0.15, 0.2) is 0 Å². The highest BCUT2D eigenvalue weighted by Crippen LogP contribution is 2.17. The van der Waals surface area contributed by atoms with Crippen LogP contribution in [-0.4, -0.2) is 22.5 Å². The van der Waals surface area contributed by atoms with Crippen LogP contribution in [0.4, 0.5) is 5.69 Å². The first-order valence-electron chi connectivity index (χ1n) is 6.43. The van der Waals surface area contributed by atoms with Gasteiger partial charge in [-0.25, -0.2) is 0 Å². The molecule has 2 rings (SSSR count). The van der Waals surface area contributed by atoms with E-state index in [0.29, 0.717) is 16.1 Å². The SMILES string of the molecule is O=C(NCC(O)c1ccc([N+](=O)[O-])cc1)c1cccc(Cl)c1. The summed E-state index contributed by atoms with van der Waals surface area (Å²) in [6.45, 7) is -0.0108. The number of nitro benzene ring substituents is 1. The molecule has 114 valence electrons. The lowest BCUT2D eigenvalue weighted by atomic mass is 10.1. The molecule has 0 bridgehead atoms. The average Bonchev–Trinajstić information content (AvgIpc) is 2.52. The molecule has 0 aromatic heterocycles. The van der Waals surface area contributed by atoms with Crippen molar-refractivity contribution in [2.75, 3.05) is 6.54 Å². The first-order valence-corrected chi connectivity index (χ1v) is 6.81. The molecule has 0 heterocycles. The highest BCUT2D eigenvalue weighted by molar-refractivity contribution is 6.30. The van der Waals surface area contributed by atoms with Gasteiger partial charge in [-0.05, 0) is 35.9 Å². The summed E-state index contributed by atoms with van der Waals surface area (Å²) in [5, 5.41) is 23.6. The number of benzene rings is 2. The van der Waals surface area contributed by atoms with Crippen LogP contribution in [0.15, 0.2) is 48.5 Å². The van der Waals surface area contributed by atoms with Gasteiger partial charge < -0.3 is 10.4 Å². The highest BCUT2D eigenvalue weighted by atomic mass is 35.5. The summed E-state index contributed by atoms with van der Waals surface area (Å²) >= 11 is 5.80. The second-order valence-corrected chi connectivity index (χ2v) is 5.02. The maximum Gasteiger partial charge on any atom is 0.269 e. The van der Waals surface area contributed by atoms with E-state index in [9.17, 15) is 20.0 Å². The first-order chi connectivity index (χ1) is 10.5. The first kappa shape index (κ1) is 15.9. The summed E-state index contributed by atoms with van der Waals surface area (Å²) in [6.07, 6.45) is -0.955. The number of amides is 1. The van der Waals surface area contributed by atoms with E-state index < -0.39 is 11.0 Å². The fourth-order valence-electron chi connectivity index (χ4n) is 1.86. The van der Waals surface area contributed by atoms with E-state index in [2.05, 4.69) is 5.32 Å².